The van der Waals surface area contributed by atoms with Gasteiger partial charge in [-0.3, -0.25) is 4.99 Å². The van der Waals surface area contributed by atoms with Crippen LogP contribution < -0.4 is 0 Å². The highest BCUT2D eigenvalue weighted by molar-refractivity contribution is 5.71. The lowest BCUT2D eigenvalue weighted by Gasteiger charge is -1.90. The lowest BCUT2D eigenvalue weighted by molar-refractivity contribution is 0.168. The molecule has 0 atom stereocenters. The molecule has 0 fully saturated rings. The maximum atomic E-state index is 8.56. The highest BCUT2D eigenvalue weighted by atomic mass is 16.6. The fraction of sp³-hybridized carbons (Fsp3) is 0. The van der Waals surface area contributed by atoms with E-state index in [0.717, 1.165) is 0 Å². The van der Waals surface area contributed by atoms with Crippen molar-refractivity contribution in [3.63, 3.8) is 0 Å². The molecule has 1 aliphatic rings. The second-order valence-electron chi connectivity index (χ2n) is 1.21. The Balaban J connectivity index is 2.69. The number of rotatable bonds is 0. The summed E-state index contributed by atoms with van der Waals surface area (Å²) in [4.78, 5) is 3.60. The predicted octanol–water partition coefficient (Wildman–Crippen LogP) is 0.958. The van der Waals surface area contributed by atoms with Crippen molar-refractivity contribution in [1.29, 1.82) is 0 Å². The molecule has 0 saturated carbocycles. The summed E-state index contributed by atoms with van der Waals surface area (Å²) in [6.07, 6.45) is 5.67. The number of hydrogen-bond donors (Lipinski definition) is 1. The van der Waals surface area contributed by atoms with E-state index in [4.69, 9.17) is 5.11 Å². The van der Waals surface area contributed by atoms with Crippen molar-refractivity contribution in [2.45, 2.75) is 0 Å². The minimum atomic E-state index is -0.185. The van der Waals surface area contributed by atoms with Gasteiger partial charge in [0, 0.05) is 6.21 Å². The Labute approximate surface area is 46.6 Å². The predicted molar refractivity (Wildman–Crippen MR) is 29.4 cm³/mol. The Hall–Kier alpha value is -1.25. The molecule has 1 aliphatic heterocycles. The van der Waals surface area contributed by atoms with Crippen molar-refractivity contribution in [2.75, 3.05) is 0 Å². The molecule has 0 spiro atoms. The van der Waals surface area contributed by atoms with Crippen LogP contribution >= 0.6 is 0 Å². The van der Waals surface area contributed by atoms with Gasteiger partial charge >= 0.3 is 5.95 Å². The highest BCUT2D eigenvalue weighted by Crippen LogP contribution is 1.94. The Morgan fingerprint density at radius 3 is 3.38 bits per heavy atom. The van der Waals surface area contributed by atoms with Crippen LogP contribution in [0.3, 0.4) is 0 Å². The number of nitrogens with zero attached hydrogens (tertiary/aromatic N) is 1. The number of hydrogen-bond acceptors (Lipinski definition) is 3. The van der Waals surface area contributed by atoms with Gasteiger partial charge in [-0.1, -0.05) is 0 Å². The monoisotopic (exact) mass is 111 g/mol. The zero-order chi connectivity index (χ0) is 5.82. The fourth-order valence-corrected chi connectivity index (χ4v) is 0.331. The molecule has 0 radical (unpaired) electrons. The summed E-state index contributed by atoms with van der Waals surface area (Å²) >= 11 is 0. The van der Waals surface area contributed by atoms with Crippen LogP contribution in [0.15, 0.2) is 29.5 Å². The molecule has 0 unspecified atom stereocenters. The molecule has 0 aromatic heterocycles. The molecule has 3 nitrogen and oxygen atoms in total. The van der Waals surface area contributed by atoms with Crippen LogP contribution in [-0.4, -0.2) is 11.3 Å². The maximum absolute atomic E-state index is 8.56. The molecule has 1 N–H and O–H groups in total. The van der Waals surface area contributed by atoms with Gasteiger partial charge in [-0.05, 0) is 6.08 Å². The van der Waals surface area contributed by atoms with E-state index >= 15 is 0 Å². The van der Waals surface area contributed by atoms with E-state index in [-0.39, 0.29) is 5.95 Å². The minimum Gasteiger partial charge on any atom is -0.480 e. The van der Waals surface area contributed by atoms with Gasteiger partial charge in [-0.15, -0.1) is 0 Å². The first-order valence-corrected chi connectivity index (χ1v) is 2.14. The van der Waals surface area contributed by atoms with Crippen LogP contribution in [0, 0.1) is 0 Å². The topological polar surface area (TPSA) is 41.8 Å². The Bertz CT molecular complexity index is 158. The van der Waals surface area contributed by atoms with Gasteiger partial charge < -0.3 is 9.84 Å². The third kappa shape index (κ3) is 1.11. The highest BCUT2D eigenvalue weighted by Gasteiger charge is 1.87. The van der Waals surface area contributed by atoms with Crippen LogP contribution in [0.25, 0.3) is 0 Å². The third-order valence-electron chi connectivity index (χ3n) is 0.624. The molecule has 0 amide bonds. The normalized spacial score (nSPS) is 16.8. The molecule has 1 heterocycles. The van der Waals surface area contributed by atoms with Crippen molar-refractivity contribution in [3.05, 3.63) is 24.5 Å². The average Bonchev–Trinajstić information content (AvgIpc) is 1.94. The van der Waals surface area contributed by atoms with E-state index in [1.54, 1.807) is 6.08 Å². The lowest BCUT2D eigenvalue weighted by atomic mass is 10.7. The van der Waals surface area contributed by atoms with Crippen molar-refractivity contribution < 1.29 is 9.84 Å². The van der Waals surface area contributed by atoms with E-state index < -0.39 is 0 Å². The number of ether oxygens (including phenoxy) is 1. The van der Waals surface area contributed by atoms with Gasteiger partial charge in [0.05, 0.1) is 6.26 Å². The number of allylic oxidation sites excluding steroid dienone is 1. The van der Waals surface area contributed by atoms with Gasteiger partial charge in [0.1, 0.15) is 6.20 Å². The van der Waals surface area contributed by atoms with E-state index in [0.29, 0.717) is 0 Å². The van der Waals surface area contributed by atoms with Gasteiger partial charge in [-0.25, -0.2) is 0 Å². The SMILES string of the molecule is OC1=CN=CC=CO1. The third-order valence-corrected chi connectivity index (χ3v) is 0.624. The van der Waals surface area contributed by atoms with Crippen molar-refractivity contribution in [3.8, 4) is 0 Å². The second kappa shape index (κ2) is 2.16. The molecule has 8 heavy (non-hydrogen) atoms. The molecule has 3 heteroatoms. The minimum absolute atomic E-state index is 0.185. The van der Waals surface area contributed by atoms with Crippen LogP contribution in [-0.2, 0) is 4.74 Å². The summed E-state index contributed by atoms with van der Waals surface area (Å²) in [5.74, 6) is -0.185. The van der Waals surface area contributed by atoms with Gasteiger partial charge in [0.15, 0.2) is 0 Å². The molecule has 0 saturated heterocycles. The zero-order valence-corrected chi connectivity index (χ0v) is 4.11. The molecule has 0 aliphatic carbocycles. The number of aliphatic imine (C=N–C) groups is 1. The Morgan fingerprint density at radius 2 is 2.50 bits per heavy atom. The molecular weight excluding hydrogens is 106 g/mol. The van der Waals surface area contributed by atoms with Crippen LogP contribution in [0.5, 0.6) is 0 Å². The van der Waals surface area contributed by atoms with E-state index in [1.807, 2.05) is 0 Å². The van der Waals surface area contributed by atoms with Crippen LogP contribution in [0.1, 0.15) is 0 Å². The summed E-state index contributed by atoms with van der Waals surface area (Å²) in [7, 11) is 0. The van der Waals surface area contributed by atoms with E-state index in [1.165, 1.54) is 18.7 Å². The van der Waals surface area contributed by atoms with E-state index in [2.05, 4.69) is 9.73 Å². The summed E-state index contributed by atoms with van der Waals surface area (Å²) in [5.41, 5.74) is 0. The van der Waals surface area contributed by atoms with Gasteiger partial charge in [0.25, 0.3) is 0 Å². The maximum Gasteiger partial charge on any atom is 0.300 e. The molecule has 0 aromatic rings. The molecular formula is C5H5NO2. The molecule has 1 rings (SSSR count). The first kappa shape index (κ1) is 4.90. The van der Waals surface area contributed by atoms with Crippen LogP contribution in [0.2, 0.25) is 0 Å². The number of aliphatic hydroxyl groups excluding tert-OH is 1. The van der Waals surface area contributed by atoms with Crippen LogP contribution in [0.4, 0.5) is 0 Å². The van der Waals surface area contributed by atoms with Crippen molar-refractivity contribution >= 4 is 6.21 Å². The smallest absolute Gasteiger partial charge is 0.300 e. The Morgan fingerprint density at radius 1 is 1.62 bits per heavy atom. The number of aliphatic hydroxyl groups is 1. The molecule has 0 bridgehead atoms. The first-order chi connectivity index (χ1) is 3.89. The quantitative estimate of drug-likeness (QED) is 0.505. The van der Waals surface area contributed by atoms with Gasteiger partial charge in [0.2, 0.25) is 0 Å². The van der Waals surface area contributed by atoms with E-state index in [9.17, 15) is 0 Å². The van der Waals surface area contributed by atoms with Crippen molar-refractivity contribution in [2.24, 2.45) is 4.99 Å². The largest absolute Gasteiger partial charge is 0.480 e. The van der Waals surface area contributed by atoms with Gasteiger partial charge in [-0.2, -0.15) is 0 Å². The summed E-state index contributed by atoms with van der Waals surface area (Å²) < 4.78 is 4.51. The summed E-state index contributed by atoms with van der Waals surface area (Å²) in [6.45, 7) is 0. The standard InChI is InChI=1S/C5H5NO2/c7-5-4-6-2-1-3-8-5/h1-4,7H. The zero-order valence-electron chi connectivity index (χ0n) is 4.11. The molecule has 0 aromatic carbocycles. The fourth-order valence-electron chi connectivity index (χ4n) is 0.331. The lowest BCUT2D eigenvalue weighted by Crippen LogP contribution is -1.77. The molecule has 42 valence electrons. The second-order valence-corrected chi connectivity index (χ2v) is 1.21. The summed E-state index contributed by atoms with van der Waals surface area (Å²) in [5, 5.41) is 8.56. The first-order valence-electron chi connectivity index (χ1n) is 2.14. The Kier molecular flexibility index (Phi) is 1.32. The van der Waals surface area contributed by atoms with Crippen molar-refractivity contribution in [1.82, 2.24) is 0 Å². The average molecular weight is 111 g/mol. The summed E-state index contributed by atoms with van der Waals surface area (Å²) in [6, 6.07) is 0.